The van der Waals surface area contributed by atoms with Crippen LogP contribution in [0.2, 0.25) is 4.47 Å². The molecule has 0 aliphatic heterocycles. The number of nitrogens with one attached hydrogen (secondary N) is 1. The SMILES string of the molecule is Cc1nc(Cl)sc1S(=O)(=O)NCCc1ncno1. The average Bonchev–Trinajstić information content (AvgIpc) is 2.88. The van der Waals surface area contributed by atoms with Crippen molar-refractivity contribution < 1.29 is 12.9 Å². The average molecular weight is 309 g/mol. The molecule has 0 aliphatic rings. The molecule has 0 saturated carbocycles. The zero-order chi connectivity index (χ0) is 13.2. The molecule has 2 rings (SSSR count). The van der Waals surface area contributed by atoms with Crippen LogP contribution < -0.4 is 4.72 Å². The summed E-state index contributed by atoms with van der Waals surface area (Å²) in [7, 11) is -3.59. The van der Waals surface area contributed by atoms with Gasteiger partial charge in [-0.1, -0.05) is 28.1 Å². The fourth-order valence-electron chi connectivity index (χ4n) is 1.26. The molecule has 0 aromatic carbocycles. The molecule has 2 heterocycles. The van der Waals surface area contributed by atoms with E-state index < -0.39 is 10.0 Å². The molecule has 98 valence electrons. The van der Waals surface area contributed by atoms with E-state index >= 15 is 0 Å². The minimum absolute atomic E-state index is 0.123. The third-order valence-electron chi connectivity index (χ3n) is 2.01. The summed E-state index contributed by atoms with van der Waals surface area (Å²) in [6.07, 6.45) is 1.59. The Morgan fingerprint density at radius 3 is 2.89 bits per heavy atom. The topological polar surface area (TPSA) is 98.0 Å². The van der Waals surface area contributed by atoms with E-state index in [9.17, 15) is 8.42 Å². The molecule has 1 N–H and O–H groups in total. The molecule has 10 heteroatoms. The summed E-state index contributed by atoms with van der Waals surface area (Å²) in [5, 5.41) is 3.42. The maximum atomic E-state index is 11.9. The Kier molecular flexibility index (Phi) is 3.95. The van der Waals surface area contributed by atoms with Crippen molar-refractivity contribution in [3.8, 4) is 0 Å². The first-order valence-corrected chi connectivity index (χ1v) is 7.55. The second-order valence-electron chi connectivity index (χ2n) is 3.32. The van der Waals surface area contributed by atoms with Gasteiger partial charge in [-0.3, -0.25) is 0 Å². The molecule has 2 aromatic heterocycles. The molecule has 0 atom stereocenters. The Hall–Kier alpha value is -1.03. The quantitative estimate of drug-likeness (QED) is 0.885. The van der Waals surface area contributed by atoms with Crippen molar-refractivity contribution in [2.75, 3.05) is 6.54 Å². The van der Waals surface area contributed by atoms with Gasteiger partial charge in [0.25, 0.3) is 10.0 Å². The molecule has 0 amide bonds. The zero-order valence-electron chi connectivity index (χ0n) is 9.25. The van der Waals surface area contributed by atoms with Crippen LogP contribution in [0.1, 0.15) is 11.6 Å². The highest BCUT2D eigenvalue weighted by Gasteiger charge is 2.21. The maximum Gasteiger partial charge on any atom is 0.251 e. The van der Waals surface area contributed by atoms with E-state index in [1.165, 1.54) is 6.33 Å². The number of sulfonamides is 1. The lowest BCUT2D eigenvalue weighted by atomic mass is 10.4. The first-order valence-electron chi connectivity index (χ1n) is 4.87. The molecular weight excluding hydrogens is 300 g/mol. The monoisotopic (exact) mass is 308 g/mol. The molecule has 0 bridgehead atoms. The van der Waals surface area contributed by atoms with Gasteiger partial charge in [0.1, 0.15) is 0 Å². The molecule has 2 aromatic rings. The van der Waals surface area contributed by atoms with Crippen LogP contribution in [-0.4, -0.2) is 30.1 Å². The fraction of sp³-hybridized carbons (Fsp3) is 0.375. The number of rotatable bonds is 5. The van der Waals surface area contributed by atoms with E-state index in [0.717, 1.165) is 11.3 Å². The normalized spacial score (nSPS) is 11.9. The van der Waals surface area contributed by atoms with E-state index in [4.69, 9.17) is 16.1 Å². The summed E-state index contributed by atoms with van der Waals surface area (Å²) in [4.78, 5) is 7.65. The van der Waals surface area contributed by atoms with Crippen LogP contribution in [-0.2, 0) is 16.4 Å². The highest BCUT2D eigenvalue weighted by molar-refractivity contribution is 7.91. The van der Waals surface area contributed by atoms with Crippen LogP contribution in [0.4, 0.5) is 0 Å². The van der Waals surface area contributed by atoms with Crippen LogP contribution in [0.3, 0.4) is 0 Å². The second-order valence-corrected chi connectivity index (χ2v) is 6.87. The Morgan fingerprint density at radius 2 is 2.33 bits per heavy atom. The van der Waals surface area contributed by atoms with Gasteiger partial charge in [-0.15, -0.1) is 0 Å². The molecule has 7 nitrogen and oxygen atoms in total. The molecule has 0 saturated heterocycles. The van der Waals surface area contributed by atoms with Crippen LogP contribution in [0.15, 0.2) is 15.1 Å². The molecule has 0 aliphatic carbocycles. The summed E-state index contributed by atoms with van der Waals surface area (Å²) >= 11 is 6.59. The Labute approximate surface area is 112 Å². The minimum atomic E-state index is -3.59. The van der Waals surface area contributed by atoms with Crippen molar-refractivity contribution in [1.29, 1.82) is 0 Å². The van der Waals surface area contributed by atoms with Crippen molar-refractivity contribution in [3.63, 3.8) is 0 Å². The largest absolute Gasteiger partial charge is 0.340 e. The number of nitrogens with zero attached hydrogens (tertiary/aromatic N) is 3. The van der Waals surface area contributed by atoms with Crippen LogP contribution in [0.5, 0.6) is 0 Å². The third-order valence-corrected chi connectivity index (χ3v) is 5.34. The molecule has 0 unspecified atom stereocenters. The highest BCUT2D eigenvalue weighted by Crippen LogP contribution is 2.26. The van der Waals surface area contributed by atoms with Gasteiger partial charge in [-0.25, -0.2) is 18.1 Å². The van der Waals surface area contributed by atoms with Gasteiger partial charge in [-0.05, 0) is 6.92 Å². The lowest BCUT2D eigenvalue weighted by molar-refractivity contribution is 0.377. The van der Waals surface area contributed by atoms with E-state index in [2.05, 4.69) is 19.8 Å². The number of aryl methyl sites for hydroxylation is 1. The van der Waals surface area contributed by atoms with Crippen molar-refractivity contribution >= 4 is 33.0 Å². The molecular formula is C8H9ClN4O3S2. The van der Waals surface area contributed by atoms with Gasteiger partial charge in [0.2, 0.25) is 5.89 Å². The zero-order valence-corrected chi connectivity index (χ0v) is 11.6. The molecule has 0 spiro atoms. The smallest absolute Gasteiger partial charge is 0.251 e. The lowest BCUT2D eigenvalue weighted by Gasteiger charge is -2.03. The summed E-state index contributed by atoms with van der Waals surface area (Å²) in [6, 6.07) is 0. The van der Waals surface area contributed by atoms with Crippen molar-refractivity contribution in [2.45, 2.75) is 17.6 Å². The number of halogens is 1. The standard InChI is InChI=1S/C8H9ClN4O3S2/c1-5-7(17-8(9)13-5)18(14,15)12-3-2-6-10-4-11-16-6/h4,12H,2-3H2,1H3. The number of hydrogen-bond acceptors (Lipinski definition) is 7. The summed E-state index contributed by atoms with van der Waals surface area (Å²) in [5.41, 5.74) is 0.385. The third kappa shape index (κ3) is 3.05. The van der Waals surface area contributed by atoms with Gasteiger partial charge < -0.3 is 4.52 Å². The van der Waals surface area contributed by atoms with Crippen LogP contribution in [0, 0.1) is 6.92 Å². The van der Waals surface area contributed by atoms with Crippen molar-refractivity contribution in [3.05, 3.63) is 22.4 Å². The predicted molar refractivity (Wildman–Crippen MR) is 65.1 cm³/mol. The van der Waals surface area contributed by atoms with E-state index in [-0.39, 0.29) is 15.2 Å². The van der Waals surface area contributed by atoms with Gasteiger partial charge in [0, 0.05) is 13.0 Å². The van der Waals surface area contributed by atoms with Crippen LogP contribution >= 0.6 is 22.9 Å². The number of hydrogen-bond donors (Lipinski definition) is 1. The number of thiazole rings is 1. The minimum Gasteiger partial charge on any atom is -0.340 e. The predicted octanol–water partition coefficient (Wildman–Crippen LogP) is 1.01. The molecule has 0 radical (unpaired) electrons. The van der Waals surface area contributed by atoms with Gasteiger partial charge in [-0.2, -0.15) is 4.98 Å². The lowest BCUT2D eigenvalue weighted by Crippen LogP contribution is -2.25. The van der Waals surface area contributed by atoms with Crippen molar-refractivity contribution in [1.82, 2.24) is 19.8 Å². The summed E-state index contributed by atoms with van der Waals surface area (Å²) in [5.74, 6) is 0.372. The van der Waals surface area contributed by atoms with Gasteiger partial charge >= 0.3 is 0 Å². The van der Waals surface area contributed by atoms with Gasteiger partial charge in [0.05, 0.1) is 5.69 Å². The molecule has 0 fully saturated rings. The highest BCUT2D eigenvalue weighted by atomic mass is 35.5. The fourth-order valence-corrected chi connectivity index (χ4v) is 4.08. The second kappa shape index (κ2) is 5.31. The maximum absolute atomic E-state index is 11.9. The van der Waals surface area contributed by atoms with Gasteiger partial charge in [0.15, 0.2) is 15.0 Å². The van der Waals surface area contributed by atoms with Crippen molar-refractivity contribution in [2.24, 2.45) is 0 Å². The van der Waals surface area contributed by atoms with Crippen LogP contribution in [0.25, 0.3) is 0 Å². The van der Waals surface area contributed by atoms with E-state index in [0.29, 0.717) is 18.0 Å². The summed E-state index contributed by atoms with van der Waals surface area (Å²) in [6.45, 7) is 1.76. The van der Waals surface area contributed by atoms with E-state index in [1.807, 2.05) is 0 Å². The number of aromatic nitrogens is 3. The first kappa shape index (κ1) is 13.4. The Balaban J connectivity index is 2.02. The summed E-state index contributed by atoms with van der Waals surface area (Å²) < 4.78 is 31.4. The Morgan fingerprint density at radius 1 is 1.56 bits per heavy atom. The molecule has 18 heavy (non-hydrogen) atoms. The first-order chi connectivity index (χ1) is 8.49. The van der Waals surface area contributed by atoms with E-state index in [1.54, 1.807) is 6.92 Å². The Bertz CT molecular complexity index is 623.